The van der Waals surface area contributed by atoms with E-state index in [1.54, 1.807) is 0 Å². The summed E-state index contributed by atoms with van der Waals surface area (Å²) in [7, 11) is 0. The van der Waals surface area contributed by atoms with Crippen LogP contribution in [0.2, 0.25) is 5.02 Å². The first-order valence-corrected chi connectivity index (χ1v) is 8.14. The lowest BCUT2D eigenvalue weighted by molar-refractivity contribution is 0.248. The van der Waals surface area contributed by atoms with Gasteiger partial charge in [0.2, 0.25) is 0 Å². The lowest BCUT2D eigenvalue weighted by Gasteiger charge is -2.36. The van der Waals surface area contributed by atoms with Gasteiger partial charge < -0.3 is 10.2 Å². The minimum Gasteiger partial charge on any atom is -0.369 e. The van der Waals surface area contributed by atoms with Gasteiger partial charge in [0.05, 0.1) is 0 Å². The summed E-state index contributed by atoms with van der Waals surface area (Å²) in [4.78, 5) is 5.10. The lowest BCUT2D eigenvalue weighted by atomic mass is 10.1. The van der Waals surface area contributed by atoms with Crippen molar-refractivity contribution in [1.82, 2.24) is 10.2 Å². The Kier molecular flexibility index (Phi) is 4.49. The normalized spacial score (nSPS) is 20.4. The number of piperazine rings is 1. The minimum absolute atomic E-state index is 0.852. The van der Waals surface area contributed by atoms with Crippen LogP contribution < -0.4 is 10.2 Å². The van der Waals surface area contributed by atoms with Crippen molar-refractivity contribution in [3.05, 3.63) is 28.8 Å². The van der Waals surface area contributed by atoms with Crippen LogP contribution in [0.3, 0.4) is 0 Å². The second-order valence-electron chi connectivity index (χ2n) is 5.81. The Bertz CT molecular complexity index is 451. The third-order valence-corrected chi connectivity index (χ3v) is 4.70. The van der Waals surface area contributed by atoms with Gasteiger partial charge in [-0.2, -0.15) is 0 Å². The molecule has 0 atom stereocenters. The van der Waals surface area contributed by atoms with Crippen molar-refractivity contribution in [3.63, 3.8) is 0 Å². The number of anilines is 1. The maximum atomic E-state index is 6.40. The number of hydrogen-bond acceptors (Lipinski definition) is 3. The molecule has 3 rings (SSSR count). The summed E-state index contributed by atoms with van der Waals surface area (Å²) in [5, 5.41) is 4.21. The molecule has 1 saturated carbocycles. The molecule has 0 radical (unpaired) electrons. The fraction of sp³-hybridized carbons (Fsp3) is 0.625. The van der Waals surface area contributed by atoms with E-state index < -0.39 is 0 Å². The van der Waals surface area contributed by atoms with Crippen molar-refractivity contribution in [1.29, 1.82) is 0 Å². The molecule has 110 valence electrons. The topological polar surface area (TPSA) is 18.5 Å². The van der Waals surface area contributed by atoms with Crippen molar-refractivity contribution in [2.75, 3.05) is 37.6 Å². The molecule has 4 heteroatoms. The number of halogens is 1. The highest BCUT2D eigenvalue weighted by atomic mass is 35.5. The Hall–Kier alpha value is -0.770. The van der Waals surface area contributed by atoms with Crippen molar-refractivity contribution in [2.24, 2.45) is 0 Å². The average molecular weight is 294 g/mol. The maximum absolute atomic E-state index is 6.40. The SMILES string of the molecule is CCNCc1ccc(N2CCN(C3CC3)CC2)cc1Cl. The summed E-state index contributed by atoms with van der Waals surface area (Å²) in [6.07, 6.45) is 2.82. The molecule has 3 nitrogen and oxygen atoms in total. The van der Waals surface area contributed by atoms with E-state index in [1.807, 2.05) is 0 Å². The quantitative estimate of drug-likeness (QED) is 0.900. The van der Waals surface area contributed by atoms with Crippen LogP contribution in [0, 0.1) is 0 Å². The maximum Gasteiger partial charge on any atom is 0.0471 e. The zero-order chi connectivity index (χ0) is 13.9. The zero-order valence-electron chi connectivity index (χ0n) is 12.2. The van der Waals surface area contributed by atoms with E-state index in [0.29, 0.717) is 0 Å². The molecule has 1 N–H and O–H groups in total. The Morgan fingerprint density at radius 1 is 1.20 bits per heavy atom. The summed E-state index contributed by atoms with van der Waals surface area (Å²) >= 11 is 6.40. The summed E-state index contributed by atoms with van der Waals surface area (Å²) in [5.41, 5.74) is 2.46. The first kappa shape index (κ1) is 14.2. The number of rotatable bonds is 5. The Morgan fingerprint density at radius 2 is 1.95 bits per heavy atom. The van der Waals surface area contributed by atoms with Gasteiger partial charge in [0.25, 0.3) is 0 Å². The minimum atomic E-state index is 0.852. The summed E-state index contributed by atoms with van der Waals surface area (Å²) in [5.74, 6) is 0. The summed E-state index contributed by atoms with van der Waals surface area (Å²) < 4.78 is 0. The van der Waals surface area contributed by atoms with Crippen molar-refractivity contribution >= 4 is 17.3 Å². The smallest absolute Gasteiger partial charge is 0.0471 e. The number of nitrogens with zero attached hydrogens (tertiary/aromatic N) is 2. The van der Waals surface area contributed by atoms with Crippen molar-refractivity contribution < 1.29 is 0 Å². The van der Waals surface area contributed by atoms with E-state index in [1.165, 1.54) is 37.2 Å². The van der Waals surface area contributed by atoms with Gasteiger partial charge >= 0.3 is 0 Å². The van der Waals surface area contributed by atoms with Crippen LogP contribution in [-0.4, -0.2) is 43.7 Å². The highest BCUT2D eigenvalue weighted by molar-refractivity contribution is 6.31. The lowest BCUT2D eigenvalue weighted by Crippen LogP contribution is -2.47. The fourth-order valence-electron chi connectivity index (χ4n) is 2.92. The molecule has 0 bridgehead atoms. The molecule has 1 saturated heterocycles. The van der Waals surface area contributed by atoms with Gasteiger partial charge in [0.15, 0.2) is 0 Å². The zero-order valence-corrected chi connectivity index (χ0v) is 13.0. The van der Waals surface area contributed by atoms with Gasteiger partial charge in [0.1, 0.15) is 0 Å². The van der Waals surface area contributed by atoms with Gasteiger partial charge in [-0.05, 0) is 37.1 Å². The molecule has 1 aliphatic heterocycles. The molecule has 0 amide bonds. The van der Waals surface area contributed by atoms with E-state index in [0.717, 1.165) is 37.2 Å². The first-order valence-electron chi connectivity index (χ1n) is 7.76. The molecule has 0 spiro atoms. The number of hydrogen-bond donors (Lipinski definition) is 1. The predicted octanol–water partition coefficient (Wildman–Crippen LogP) is 2.73. The van der Waals surface area contributed by atoms with Crippen LogP contribution in [0.1, 0.15) is 25.3 Å². The molecule has 0 aromatic heterocycles. The van der Waals surface area contributed by atoms with Crippen LogP contribution in [0.25, 0.3) is 0 Å². The molecular formula is C16H24ClN3. The van der Waals surface area contributed by atoms with E-state index in [2.05, 4.69) is 40.2 Å². The van der Waals surface area contributed by atoms with Crippen molar-refractivity contribution in [2.45, 2.75) is 32.4 Å². The largest absolute Gasteiger partial charge is 0.369 e. The Labute approximate surface area is 126 Å². The molecule has 1 aromatic rings. The molecule has 2 aliphatic rings. The third kappa shape index (κ3) is 3.27. The van der Waals surface area contributed by atoms with Crippen LogP contribution in [0.4, 0.5) is 5.69 Å². The Morgan fingerprint density at radius 3 is 2.55 bits per heavy atom. The van der Waals surface area contributed by atoms with Gasteiger partial charge in [0, 0.05) is 49.5 Å². The molecule has 0 unspecified atom stereocenters. The molecule has 1 aromatic carbocycles. The highest BCUT2D eigenvalue weighted by Crippen LogP contribution is 2.29. The number of nitrogens with one attached hydrogen (secondary N) is 1. The summed E-state index contributed by atoms with van der Waals surface area (Å²) in [6.45, 7) is 8.58. The van der Waals surface area contributed by atoms with Crippen LogP contribution in [0.5, 0.6) is 0 Å². The van der Waals surface area contributed by atoms with Crippen LogP contribution in [0.15, 0.2) is 18.2 Å². The molecule has 2 fully saturated rings. The molecular weight excluding hydrogens is 270 g/mol. The summed E-state index contributed by atoms with van der Waals surface area (Å²) in [6, 6.07) is 7.39. The highest BCUT2D eigenvalue weighted by Gasteiger charge is 2.31. The van der Waals surface area contributed by atoms with E-state index in [-0.39, 0.29) is 0 Å². The average Bonchev–Trinajstić information content (AvgIpc) is 3.31. The second-order valence-corrected chi connectivity index (χ2v) is 6.22. The molecule has 1 aliphatic carbocycles. The van der Waals surface area contributed by atoms with E-state index in [9.17, 15) is 0 Å². The van der Waals surface area contributed by atoms with Crippen LogP contribution >= 0.6 is 11.6 Å². The first-order chi connectivity index (χ1) is 9.78. The second kappa shape index (κ2) is 6.33. The predicted molar refractivity (Wildman–Crippen MR) is 85.6 cm³/mol. The van der Waals surface area contributed by atoms with Gasteiger partial charge in [-0.3, -0.25) is 4.90 Å². The van der Waals surface area contributed by atoms with Crippen molar-refractivity contribution in [3.8, 4) is 0 Å². The van der Waals surface area contributed by atoms with Gasteiger partial charge in [-0.1, -0.05) is 24.6 Å². The van der Waals surface area contributed by atoms with Gasteiger partial charge in [-0.25, -0.2) is 0 Å². The van der Waals surface area contributed by atoms with E-state index >= 15 is 0 Å². The standard InChI is InChI=1S/C16H24ClN3/c1-2-18-12-13-3-4-15(11-16(13)17)20-9-7-19(8-10-20)14-5-6-14/h3-4,11,14,18H,2,5-10,12H2,1H3. The molecule has 20 heavy (non-hydrogen) atoms. The van der Waals surface area contributed by atoms with E-state index in [4.69, 9.17) is 11.6 Å². The third-order valence-electron chi connectivity index (χ3n) is 4.34. The van der Waals surface area contributed by atoms with Crippen LogP contribution in [-0.2, 0) is 6.54 Å². The Balaban J connectivity index is 1.61. The van der Waals surface area contributed by atoms with Gasteiger partial charge in [-0.15, -0.1) is 0 Å². The molecule has 1 heterocycles. The monoisotopic (exact) mass is 293 g/mol. The fourth-order valence-corrected chi connectivity index (χ4v) is 3.16. The number of benzene rings is 1.